The van der Waals surface area contributed by atoms with Crippen molar-refractivity contribution < 1.29 is 8.42 Å². The summed E-state index contributed by atoms with van der Waals surface area (Å²) in [6, 6.07) is 1.83. The molecule has 1 unspecified atom stereocenters. The molecule has 1 atom stereocenters. The third-order valence-corrected chi connectivity index (χ3v) is 5.37. The predicted octanol–water partition coefficient (Wildman–Crippen LogP) is 1.64. The fourth-order valence-corrected chi connectivity index (χ4v) is 3.11. The Morgan fingerprint density at radius 3 is 2.31 bits per heavy atom. The zero-order chi connectivity index (χ0) is 12.4. The van der Waals surface area contributed by atoms with Gasteiger partial charge in [-0.05, 0) is 30.6 Å². The Morgan fingerprint density at radius 2 is 2.00 bits per heavy atom. The van der Waals surface area contributed by atoms with Gasteiger partial charge in [0, 0.05) is 6.54 Å². The second-order valence-electron chi connectivity index (χ2n) is 4.91. The van der Waals surface area contributed by atoms with Crippen LogP contribution in [0.3, 0.4) is 0 Å². The fraction of sp³-hybridized carbons (Fsp3) is 0.909. The van der Waals surface area contributed by atoms with E-state index >= 15 is 0 Å². The summed E-state index contributed by atoms with van der Waals surface area (Å²) in [6.07, 6.45) is 2.49. The van der Waals surface area contributed by atoms with E-state index in [2.05, 4.69) is 18.6 Å². The molecule has 5 heteroatoms. The van der Waals surface area contributed by atoms with Crippen LogP contribution in [-0.4, -0.2) is 20.2 Å². The van der Waals surface area contributed by atoms with Crippen molar-refractivity contribution in [3.05, 3.63) is 0 Å². The quantitative estimate of drug-likeness (QED) is 0.772. The van der Waals surface area contributed by atoms with Gasteiger partial charge in [-0.1, -0.05) is 20.8 Å². The third-order valence-electron chi connectivity index (χ3n) is 3.63. The van der Waals surface area contributed by atoms with E-state index in [1.54, 1.807) is 6.92 Å². The second-order valence-corrected chi connectivity index (χ2v) is 6.86. The van der Waals surface area contributed by atoms with Crippen LogP contribution in [-0.2, 0) is 10.0 Å². The summed E-state index contributed by atoms with van der Waals surface area (Å²) in [5.74, 6) is 0.484. The molecule has 0 amide bonds. The molecular formula is C11H20N2O2S. The maximum absolute atomic E-state index is 11.8. The Hall–Kier alpha value is -0.600. The van der Waals surface area contributed by atoms with Crippen molar-refractivity contribution in [2.75, 3.05) is 6.54 Å². The molecule has 1 fully saturated rings. The van der Waals surface area contributed by atoms with Crippen molar-refractivity contribution in [2.24, 2.45) is 11.3 Å². The van der Waals surface area contributed by atoms with Gasteiger partial charge in [-0.3, -0.25) is 0 Å². The Morgan fingerprint density at radius 1 is 1.44 bits per heavy atom. The molecule has 0 aliphatic heterocycles. The van der Waals surface area contributed by atoms with E-state index in [4.69, 9.17) is 5.26 Å². The second kappa shape index (κ2) is 4.72. The molecule has 92 valence electrons. The molecule has 0 aromatic rings. The van der Waals surface area contributed by atoms with Crippen molar-refractivity contribution in [2.45, 2.75) is 45.3 Å². The molecule has 0 saturated heterocycles. The Labute approximate surface area is 98.1 Å². The van der Waals surface area contributed by atoms with Crippen LogP contribution in [0.4, 0.5) is 0 Å². The zero-order valence-corrected chi connectivity index (χ0v) is 11.0. The summed E-state index contributed by atoms with van der Waals surface area (Å²) in [5, 5.41) is 7.83. The minimum atomic E-state index is -3.46. The van der Waals surface area contributed by atoms with E-state index in [1.807, 2.05) is 6.07 Å². The van der Waals surface area contributed by atoms with Gasteiger partial charge in [0.15, 0.2) is 5.25 Å². The van der Waals surface area contributed by atoms with Crippen molar-refractivity contribution in [1.29, 1.82) is 5.26 Å². The number of nitriles is 1. The average molecular weight is 244 g/mol. The first-order valence-corrected chi connectivity index (χ1v) is 7.30. The predicted molar refractivity (Wildman–Crippen MR) is 63.1 cm³/mol. The molecule has 0 spiro atoms. The van der Waals surface area contributed by atoms with Crippen molar-refractivity contribution in [1.82, 2.24) is 4.72 Å². The summed E-state index contributed by atoms with van der Waals surface area (Å²) in [4.78, 5) is 0. The van der Waals surface area contributed by atoms with E-state index < -0.39 is 15.3 Å². The number of nitrogens with one attached hydrogen (secondary N) is 1. The molecule has 1 aliphatic rings. The smallest absolute Gasteiger partial charge is 0.214 e. The average Bonchev–Trinajstić information content (AvgIpc) is 2.97. The molecule has 1 rings (SSSR count). The van der Waals surface area contributed by atoms with Crippen LogP contribution in [0.15, 0.2) is 0 Å². The summed E-state index contributed by atoms with van der Waals surface area (Å²) in [6.45, 7) is 6.42. The van der Waals surface area contributed by atoms with Crippen LogP contribution in [0.2, 0.25) is 0 Å². The minimum absolute atomic E-state index is 0.140. The lowest BCUT2D eigenvalue weighted by Gasteiger charge is -2.20. The van der Waals surface area contributed by atoms with Gasteiger partial charge in [-0.15, -0.1) is 0 Å². The molecule has 4 nitrogen and oxygen atoms in total. The monoisotopic (exact) mass is 244 g/mol. The zero-order valence-electron chi connectivity index (χ0n) is 10.2. The summed E-state index contributed by atoms with van der Waals surface area (Å²) < 4.78 is 26.1. The maximum atomic E-state index is 11.8. The van der Waals surface area contributed by atoms with Gasteiger partial charge in [0.2, 0.25) is 10.0 Å². The summed E-state index contributed by atoms with van der Waals surface area (Å²) >= 11 is 0. The summed E-state index contributed by atoms with van der Waals surface area (Å²) in [5.41, 5.74) is 0.140. The molecule has 0 heterocycles. The van der Waals surface area contributed by atoms with Gasteiger partial charge >= 0.3 is 0 Å². The first kappa shape index (κ1) is 13.5. The highest BCUT2D eigenvalue weighted by Crippen LogP contribution is 2.51. The number of hydrogen-bond acceptors (Lipinski definition) is 3. The van der Waals surface area contributed by atoms with Gasteiger partial charge in [-0.2, -0.15) is 5.26 Å². The topological polar surface area (TPSA) is 70.0 Å². The largest absolute Gasteiger partial charge is 0.227 e. The van der Waals surface area contributed by atoms with Gasteiger partial charge in [0.1, 0.15) is 0 Å². The SMILES string of the molecule is CCC(C#N)S(=O)(=O)NCC1(C(C)C)CC1. The van der Waals surface area contributed by atoms with Crippen LogP contribution >= 0.6 is 0 Å². The van der Waals surface area contributed by atoms with Gasteiger partial charge in [0.05, 0.1) is 6.07 Å². The van der Waals surface area contributed by atoms with Crippen molar-refractivity contribution in [3.63, 3.8) is 0 Å². The number of sulfonamides is 1. The molecule has 16 heavy (non-hydrogen) atoms. The van der Waals surface area contributed by atoms with Crippen LogP contribution in [0, 0.1) is 22.7 Å². The van der Waals surface area contributed by atoms with Gasteiger partial charge in [-0.25, -0.2) is 13.1 Å². The minimum Gasteiger partial charge on any atom is -0.214 e. The molecule has 1 aliphatic carbocycles. The van der Waals surface area contributed by atoms with E-state index in [0.29, 0.717) is 18.9 Å². The lowest BCUT2D eigenvalue weighted by atomic mass is 9.93. The van der Waals surface area contributed by atoms with Gasteiger partial charge in [0.25, 0.3) is 0 Å². The number of hydrogen-bond donors (Lipinski definition) is 1. The Kier molecular flexibility index (Phi) is 3.97. The Bertz CT molecular complexity index is 377. The third kappa shape index (κ3) is 2.74. The van der Waals surface area contributed by atoms with Crippen molar-refractivity contribution in [3.8, 4) is 6.07 Å². The molecule has 0 radical (unpaired) electrons. The van der Waals surface area contributed by atoms with Crippen LogP contribution in [0.5, 0.6) is 0 Å². The highest BCUT2D eigenvalue weighted by Gasteiger charge is 2.46. The highest BCUT2D eigenvalue weighted by molar-refractivity contribution is 7.90. The van der Waals surface area contributed by atoms with E-state index in [9.17, 15) is 8.42 Å². The molecule has 1 N–H and O–H groups in total. The van der Waals surface area contributed by atoms with Crippen LogP contribution in [0.25, 0.3) is 0 Å². The van der Waals surface area contributed by atoms with E-state index in [1.165, 1.54) is 0 Å². The van der Waals surface area contributed by atoms with E-state index in [0.717, 1.165) is 12.8 Å². The maximum Gasteiger partial charge on any atom is 0.227 e. The van der Waals surface area contributed by atoms with Crippen molar-refractivity contribution >= 4 is 10.0 Å². The first-order valence-electron chi connectivity index (χ1n) is 5.76. The summed E-state index contributed by atoms with van der Waals surface area (Å²) in [7, 11) is -3.46. The lowest BCUT2D eigenvalue weighted by Crippen LogP contribution is -2.38. The Balaban J connectivity index is 2.59. The number of rotatable bonds is 6. The first-order chi connectivity index (χ1) is 7.38. The van der Waals surface area contributed by atoms with Gasteiger partial charge < -0.3 is 0 Å². The van der Waals surface area contributed by atoms with Crippen LogP contribution in [0.1, 0.15) is 40.0 Å². The lowest BCUT2D eigenvalue weighted by molar-refractivity contribution is 0.357. The fourth-order valence-electron chi connectivity index (χ4n) is 1.84. The number of nitrogens with zero attached hydrogens (tertiary/aromatic N) is 1. The molecular weight excluding hydrogens is 224 g/mol. The molecule has 0 aromatic carbocycles. The highest BCUT2D eigenvalue weighted by atomic mass is 32.2. The molecule has 0 bridgehead atoms. The van der Waals surface area contributed by atoms with E-state index in [-0.39, 0.29) is 5.41 Å². The molecule has 0 aromatic heterocycles. The van der Waals surface area contributed by atoms with Crippen LogP contribution < -0.4 is 4.72 Å². The normalized spacial score (nSPS) is 20.4. The standard InChI is InChI=1S/C11H20N2O2S/c1-4-10(7-12)16(14,15)13-8-11(5-6-11)9(2)3/h9-10,13H,4-6,8H2,1-3H3. The molecule has 1 saturated carbocycles.